The molecule has 2 amide bonds. The maximum Gasteiger partial charge on any atom is 0.422 e. The average molecular weight is 412 g/mol. The third-order valence-electron chi connectivity index (χ3n) is 2.92. The zero-order valence-corrected chi connectivity index (χ0v) is 16.2. The highest BCUT2D eigenvalue weighted by Crippen LogP contribution is 2.29. The van der Waals surface area contributed by atoms with Crippen LogP contribution >= 0.6 is 27.3 Å². The molecule has 0 spiro atoms. The molecule has 1 aromatic heterocycles. The number of rotatable bonds is 3. The second kappa shape index (κ2) is 7.36. The Balaban J connectivity index is 2.42. The summed E-state index contributed by atoms with van der Waals surface area (Å²) in [6, 6.07) is 8.41. The SMILES string of the molecule is COc1ccc(N(C(=O)OC(C)(C)C)C(=O)c2sccc2Br)cc1. The molecule has 0 radical (unpaired) electrons. The number of halogens is 1. The van der Waals surface area contributed by atoms with E-state index in [2.05, 4.69) is 15.9 Å². The van der Waals surface area contributed by atoms with Crippen molar-refractivity contribution in [2.24, 2.45) is 0 Å². The van der Waals surface area contributed by atoms with Crippen LogP contribution in [0.4, 0.5) is 10.5 Å². The maximum absolute atomic E-state index is 12.9. The molecule has 0 saturated heterocycles. The molecule has 1 heterocycles. The van der Waals surface area contributed by atoms with E-state index in [0.717, 1.165) is 4.90 Å². The topological polar surface area (TPSA) is 55.8 Å². The van der Waals surface area contributed by atoms with Crippen LogP contribution in [0, 0.1) is 0 Å². The van der Waals surface area contributed by atoms with Crippen LogP contribution in [0.25, 0.3) is 0 Å². The lowest BCUT2D eigenvalue weighted by Gasteiger charge is -2.26. The number of methoxy groups -OCH3 is 1. The minimum Gasteiger partial charge on any atom is -0.497 e. The van der Waals surface area contributed by atoms with Crippen molar-refractivity contribution in [2.45, 2.75) is 26.4 Å². The van der Waals surface area contributed by atoms with Gasteiger partial charge in [-0.2, -0.15) is 0 Å². The number of hydrogen-bond acceptors (Lipinski definition) is 5. The van der Waals surface area contributed by atoms with Crippen LogP contribution < -0.4 is 9.64 Å². The van der Waals surface area contributed by atoms with Crippen LogP contribution in [0.2, 0.25) is 0 Å². The summed E-state index contributed by atoms with van der Waals surface area (Å²) in [4.78, 5) is 26.9. The molecule has 0 aliphatic rings. The standard InChI is InChI=1S/C17H18BrNO4S/c1-17(2,3)23-16(21)19(11-5-7-12(22-4)8-6-11)15(20)14-13(18)9-10-24-14/h5-10H,1-4H3. The van der Waals surface area contributed by atoms with E-state index < -0.39 is 17.6 Å². The molecule has 0 saturated carbocycles. The Kier molecular flexibility index (Phi) is 5.66. The normalized spacial score (nSPS) is 11.0. The van der Waals surface area contributed by atoms with Crippen LogP contribution in [-0.4, -0.2) is 24.7 Å². The number of carbonyl (C=O) groups excluding carboxylic acids is 2. The van der Waals surface area contributed by atoms with Gasteiger partial charge in [-0.05, 0) is 72.4 Å². The van der Waals surface area contributed by atoms with Gasteiger partial charge in [0.05, 0.1) is 12.8 Å². The van der Waals surface area contributed by atoms with Gasteiger partial charge in [-0.15, -0.1) is 11.3 Å². The molecule has 0 bridgehead atoms. The van der Waals surface area contributed by atoms with Crippen molar-refractivity contribution >= 4 is 45.0 Å². The van der Waals surface area contributed by atoms with Crippen molar-refractivity contribution in [2.75, 3.05) is 12.0 Å². The van der Waals surface area contributed by atoms with Crippen LogP contribution in [0.15, 0.2) is 40.2 Å². The Labute approximate surface area is 153 Å². The predicted octanol–water partition coefficient (Wildman–Crippen LogP) is 5.10. The number of amides is 2. The number of ether oxygens (including phenoxy) is 2. The summed E-state index contributed by atoms with van der Waals surface area (Å²) in [6.45, 7) is 5.26. The lowest BCUT2D eigenvalue weighted by molar-refractivity contribution is 0.0565. The molecule has 7 heteroatoms. The Hall–Kier alpha value is -1.86. The third-order valence-corrected chi connectivity index (χ3v) is 4.75. The molecule has 2 aromatic rings. The van der Waals surface area contributed by atoms with Crippen LogP contribution in [0.3, 0.4) is 0 Å². The minimum atomic E-state index is -0.724. The summed E-state index contributed by atoms with van der Waals surface area (Å²) >= 11 is 4.59. The van der Waals surface area contributed by atoms with Gasteiger partial charge in [-0.1, -0.05) is 0 Å². The lowest BCUT2D eigenvalue weighted by atomic mass is 10.2. The summed E-state index contributed by atoms with van der Waals surface area (Å²) in [5, 5.41) is 1.78. The van der Waals surface area contributed by atoms with Crippen molar-refractivity contribution < 1.29 is 19.1 Å². The van der Waals surface area contributed by atoms with Gasteiger partial charge in [0.25, 0.3) is 5.91 Å². The minimum absolute atomic E-state index is 0.412. The van der Waals surface area contributed by atoms with Gasteiger partial charge in [-0.3, -0.25) is 4.79 Å². The number of nitrogens with zero attached hydrogens (tertiary/aromatic N) is 1. The van der Waals surface area contributed by atoms with Crippen molar-refractivity contribution in [1.29, 1.82) is 0 Å². The monoisotopic (exact) mass is 411 g/mol. The Morgan fingerprint density at radius 3 is 2.21 bits per heavy atom. The van der Waals surface area contributed by atoms with E-state index in [4.69, 9.17) is 9.47 Å². The maximum atomic E-state index is 12.9. The molecule has 0 atom stereocenters. The van der Waals surface area contributed by atoms with Gasteiger partial charge in [-0.25, -0.2) is 9.69 Å². The first-order chi connectivity index (χ1) is 11.2. The Morgan fingerprint density at radius 1 is 1.12 bits per heavy atom. The number of benzene rings is 1. The Morgan fingerprint density at radius 2 is 1.75 bits per heavy atom. The molecule has 0 aliphatic heterocycles. The first-order valence-electron chi connectivity index (χ1n) is 7.17. The molecule has 0 fully saturated rings. The molecule has 0 unspecified atom stereocenters. The summed E-state index contributed by atoms with van der Waals surface area (Å²) in [7, 11) is 1.55. The fourth-order valence-corrected chi connectivity index (χ4v) is 3.36. The van der Waals surface area contributed by atoms with Gasteiger partial charge < -0.3 is 9.47 Å². The molecule has 0 N–H and O–H groups in total. The van der Waals surface area contributed by atoms with Crippen molar-refractivity contribution in [3.05, 3.63) is 45.1 Å². The van der Waals surface area contributed by atoms with E-state index in [0.29, 0.717) is 20.8 Å². The molecular weight excluding hydrogens is 394 g/mol. The second-order valence-electron chi connectivity index (χ2n) is 5.92. The highest BCUT2D eigenvalue weighted by molar-refractivity contribution is 9.10. The van der Waals surface area contributed by atoms with Gasteiger partial charge >= 0.3 is 6.09 Å². The first kappa shape index (κ1) is 18.5. The van der Waals surface area contributed by atoms with E-state index in [9.17, 15) is 9.59 Å². The highest BCUT2D eigenvalue weighted by Gasteiger charge is 2.31. The summed E-state index contributed by atoms with van der Waals surface area (Å²) < 4.78 is 11.1. The first-order valence-corrected chi connectivity index (χ1v) is 8.84. The summed E-state index contributed by atoms with van der Waals surface area (Å²) in [5.41, 5.74) is -0.301. The lowest BCUT2D eigenvalue weighted by Crippen LogP contribution is -2.40. The van der Waals surface area contributed by atoms with Crippen LogP contribution in [-0.2, 0) is 4.74 Å². The second-order valence-corrected chi connectivity index (χ2v) is 7.69. The molecule has 1 aromatic carbocycles. The fourth-order valence-electron chi connectivity index (χ4n) is 1.89. The average Bonchev–Trinajstić information content (AvgIpc) is 2.92. The van der Waals surface area contributed by atoms with Gasteiger partial charge in [0.1, 0.15) is 16.2 Å². The molecule has 24 heavy (non-hydrogen) atoms. The Bertz CT molecular complexity index is 734. The van der Waals surface area contributed by atoms with Crippen molar-refractivity contribution in [3.63, 3.8) is 0 Å². The zero-order valence-electron chi connectivity index (χ0n) is 13.8. The van der Waals surface area contributed by atoms with Gasteiger partial charge in [0, 0.05) is 4.47 Å². The van der Waals surface area contributed by atoms with Crippen LogP contribution in [0.5, 0.6) is 5.75 Å². The largest absolute Gasteiger partial charge is 0.497 e. The number of imide groups is 1. The fraction of sp³-hybridized carbons (Fsp3) is 0.294. The van der Waals surface area contributed by atoms with E-state index >= 15 is 0 Å². The smallest absolute Gasteiger partial charge is 0.422 e. The van der Waals surface area contributed by atoms with Crippen molar-refractivity contribution in [1.82, 2.24) is 0 Å². The molecular formula is C17H18BrNO4S. The molecule has 2 rings (SSSR count). The van der Waals surface area contributed by atoms with E-state index in [1.807, 2.05) is 0 Å². The van der Waals surface area contributed by atoms with Crippen LogP contribution in [0.1, 0.15) is 30.4 Å². The number of anilines is 1. The zero-order chi connectivity index (χ0) is 17.9. The predicted molar refractivity (Wildman–Crippen MR) is 98.1 cm³/mol. The van der Waals surface area contributed by atoms with Gasteiger partial charge in [0.15, 0.2) is 0 Å². The van der Waals surface area contributed by atoms with E-state index in [1.54, 1.807) is 63.6 Å². The number of carbonyl (C=O) groups is 2. The highest BCUT2D eigenvalue weighted by atomic mass is 79.9. The number of thiophene rings is 1. The third kappa shape index (κ3) is 4.36. The summed E-state index contributed by atoms with van der Waals surface area (Å²) in [6.07, 6.45) is -0.724. The molecule has 5 nitrogen and oxygen atoms in total. The quantitative estimate of drug-likeness (QED) is 0.704. The van der Waals surface area contributed by atoms with E-state index in [-0.39, 0.29) is 0 Å². The molecule has 0 aliphatic carbocycles. The van der Waals surface area contributed by atoms with Crippen molar-refractivity contribution in [3.8, 4) is 5.75 Å². The molecule has 128 valence electrons. The van der Waals surface area contributed by atoms with E-state index in [1.165, 1.54) is 11.3 Å². The number of hydrogen-bond donors (Lipinski definition) is 0. The summed E-state index contributed by atoms with van der Waals surface area (Å²) in [5.74, 6) is 0.184. The van der Waals surface area contributed by atoms with Gasteiger partial charge in [0.2, 0.25) is 0 Å².